The Bertz CT molecular complexity index is 186. The Morgan fingerprint density at radius 3 is 2.50 bits per heavy atom. The lowest BCUT2D eigenvalue weighted by Gasteiger charge is -2.29. The van der Waals surface area contributed by atoms with Crippen molar-refractivity contribution in [2.45, 2.75) is 45.6 Å². The Morgan fingerprint density at radius 1 is 1.43 bits per heavy atom. The van der Waals surface area contributed by atoms with Crippen LogP contribution in [0, 0.1) is 11.8 Å². The number of ether oxygens (including phenoxy) is 1. The van der Waals surface area contributed by atoms with Crippen molar-refractivity contribution in [1.82, 2.24) is 0 Å². The lowest BCUT2D eigenvalue weighted by Crippen LogP contribution is -2.32. The highest BCUT2D eigenvalue weighted by Crippen LogP contribution is 2.29. The number of hydrogen-bond donors (Lipinski definition) is 1. The molecular weight excluding hydrogens is 178 g/mol. The molecule has 0 amide bonds. The van der Waals surface area contributed by atoms with E-state index in [9.17, 15) is 4.79 Å². The highest BCUT2D eigenvalue weighted by molar-refractivity contribution is 5.72. The third-order valence-corrected chi connectivity index (χ3v) is 3.18. The van der Waals surface area contributed by atoms with E-state index in [1.54, 1.807) is 0 Å². The van der Waals surface area contributed by atoms with Crippen molar-refractivity contribution in [3.63, 3.8) is 0 Å². The zero-order chi connectivity index (χ0) is 10.6. The van der Waals surface area contributed by atoms with Crippen molar-refractivity contribution < 1.29 is 9.53 Å². The maximum Gasteiger partial charge on any atom is 0.308 e. The third kappa shape index (κ3) is 2.98. The normalized spacial score (nSPS) is 29.6. The van der Waals surface area contributed by atoms with Gasteiger partial charge in [-0.05, 0) is 38.5 Å². The van der Waals surface area contributed by atoms with Gasteiger partial charge in [0.2, 0.25) is 0 Å². The first kappa shape index (κ1) is 11.5. The van der Waals surface area contributed by atoms with Gasteiger partial charge in [0, 0.05) is 6.04 Å². The average molecular weight is 199 g/mol. The Kier molecular flexibility index (Phi) is 4.39. The Hall–Kier alpha value is -0.570. The van der Waals surface area contributed by atoms with Crippen LogP contribution in [0.5, 0.6) is 0 Å². The van der Waals surface area contributed by atoms with Crippen LogP contribution in [0.25, 0.3) is 0 Å². The van der Waals surface area contributed by atoms with E-state index < -0.39 is 0 Å². The van der Waals surface area contributed by atoms with E-state index in [0.29, 0.717) is 18.6 Å². The van der Waals surface area contributed by atoms with Gasteiger partial charge in [0.05, 0.1) is 12.5 Å². The predicted molar refractivity (Wildman–Crippen MR) is 55.7 cm³/mol. The summed E-state index contributed by atoms with van der Waals surface area (Å²) in [5.41, 5.74) is 5.82. The van der Waals surface area contributed by atoms with Crippen LogP contribution in [0.1, 0.15) is 39.5 Å². The topological polar surface area (TPSA) is 52.3 Å². The summed E-state index contributed by atoms with van der Waals surface area (Å²) in [4.78, 5) is 11.5. The lowest BCUT2D eigenvalue weighted by molar-refractivity contribution is -0.149. The molecule has 1 unspecified atom stereocenters. The summed E-state index contributed by atoms with van der Waals surface area (Å²) in [6, 6.07) is 0.348. The fraction of sp³-hybridized carbons (Fsp3) is 0.909. The van der Waals surface area contributed by atoms with Crippen molar-refractivity contribution in [2.75, 3.05) is 6.61 Å². The molecule has 0 aromatic rings. The molecule has 0 bridgehead atoms. The molecule has 1 aliphatic carbocycles. The van der Waals surface area contributed by atoms with Crippen LogP contribution in [0.15, 0.2) is 0 Å². The van der Waals surface area contributed by atoms with E-state index in [1.165, 1.54) is 0 Å². The molecule has 1 fully saturated rings. The van der Waals surface area contributed by atoms with Gasteiger partial charge in [0.15, 0.2) is 0 Å². The summed E-state index contributed by atoms with van der Waals surface area (Å²) in [6.45, 7) is 4.30. The van der Waals surface area contributed by atoms with Gasteiger partial charge >= 0.3 is 5.97 Å². The van der Waals surface area contributed by atoms with Crippen molar-refractivity contribution in [3.05, 3.63) is 0 Å². The molecule has 0 aromatic heterocycles. The molecule has 1 rings (SSSR count). The molecule has 0 aliphatic heterocycles. The Morgan fingerprint density at radius 2 is 2.00 bits per heavy atom. The summed E-state index contributed by atoms with van der Waals surface area (Å²) in [5, 5.41) is 0. The second-order valence-corrected chi connectivity index (χ2v) is 4.22. The van der Waals surface area contributed by atoms with Crippen LogP contribution in [-0.4, -0.2) is 18.6 Å². The van der Waals surface area contributed by atoms with E-state index in [2.05, 4.69) is 0 Å². The van der Waals surface area contributed by atoms with Crippen LogP contribution in [0.4, 0.5) is 0 Å². The van der Waals surface area contributed by atoms with Crippen molar-refractivity contribution in [1.29, 1.82) is 0 Å². The predicted octanol–water partition coefficient (Wildman–Crippen LogP) is 1.70. The number of esters is 1. The molecule has 0 aromatic carbocycles. The summed E-state index contributed by atoms with van der Waals surface area (Å²) >= 11 is 0. The Balaban J connectivity index is 2.37. The third-order valence-electron chi connectivity index (χ3n) is 3.18. The van der Waals surface area contributed by atoms with E-state index >= 15 is 0 Å². The Labute approximate surface area is 86.0 Å². The summed E-state index contributed by atoms with van der Waals surface area (Å²) in [6.07, 6.45) is 4.24. The molecule has 3 heteroatoms. The van der Waals surface area contributed by atoms with Crippen LogP contribution in [0.3, 0.4) is 0 Å². The van der Waals surface area contributed by atoms with Crippen molar-refractivity contribution >= 4 is 5.97 Å². The summed E-state index contributed by atoms with van der Waals surface area (Å²) < 4.78 is 5.01. The van der Waals surface area contributed by atoms with Crippen LogP contribution >= 0.6 is 0 Å². The molecule has 2 N–H and O–H groups in total. The number of hydrogen-bond acceptors (Lipinski definition) is 3. The first-order valence-corrected chi connectivity index (χ1v) is 5.57. The van der Waals surface area contributed by atoms with Crippen molar-refractivity contribution in [3.8, 4) is 0 Å². The minimum Gasteiger partial charge on any atom is -0.466 e. The van der Waals surface area contributed by atoms with E-state index in [0.717, 1.165) is 25.7 Å². The van der Waals surface area contributed by atoms with Crippen LogP contribution in [0.2, 0.25) is 0 Å². The highest BCUT2D eigenvalue weighted by Gasteiger charge is 2.28. The monoisotopic (exact) mass is 199 g/mol. The second kappa shape index (κ2) is 5.35. The fourth-order valence-corrected chi connectivity index (χ4v) is 2.11. The minimum atomic E-state index is -0.0482. The van der Waals surface area contributed by atoms with Gasteiger partial charge in [-0.1, -0.05) is 6.92 Å². The molecule has 1 aliphatic rings. The zero-order valence-corrected chi connectivity index (χ0v) is 9.16. The molecule has 82 valence electrons. The molecule has 0 saturated heterocycles. The van der Waals surface area contributed by atoms with E-state index in [1.807, 2.05) is 13.8 Å². The maximum atomic E-state index is 11.5. The first-order chi connectivity index (χ1) is 6.65. The van der Waals surface area contributed by atoms with Gasteiger partial charge in [-0.15, -0.1) is 0 Å². The lowest BCUT2D eigenvalue weighted by atomic mass is 9.79. The SMILES string of the molecule is CCOC(=O)C(C)C1CCC(N)CC1. The summed E-state index contributed by atoms with van der Waals surface area (Å²) in [5.74, 6) is 0.476. The second-order valence-electron chi connectivity index (χ2n) is 4.22. The number of rotatable bonds is 3. The average Bonchev–Trinajstić information content (AvgIpc) is 2.18. The smallest absolute Gasteiger partial charge is 0.308 e. The number of carbonyl (C=O) groups excluding carboxylic acids is 1. The van der Waals surface area contributed by atoms with Gasteiger partial charge in [0.25, 0.3) is 0 Å². The largest absolute Gasteiger partial charge is 0.466 e. The standard InChI is InChI=1S/C11H21NO2/c1-3-14-11(13)8(2)9-4-6-10(12)7-5-9/h8-10H,3-7,12H2,1-2H3. The number of carbonyl (C=O) groups is 1. The molecule has 1 atom stereocenters. The molecule has 0 heterocycles. The quantitative estimate of drug-likeness (QED) is 0.704. The van der Waals surface area contributed by atoms with Crippen LogP contribution < -0.4 is 5.73 Å². The minimum absolute atomic E-state index is 0.0439. The maximum absolute atomic E-state index is 11.5. The first-order valence-electron chi connectivity index (χ1n) is 5.57. The molecular formula is C11H21NO2. The molecule has 0 spiro atoms. The molecule has 0 radical (unpaired) electrons. The van der Waals surface area contributed by atoms with Crippen molar-refractivity contribution in [2.24, 2.45) is 17.6 Å². The fourth-order valence-electron chi connectivity index (χ4n) is 2.11. The van der Waals surface area contributed by atoms with Crippen LogP contribution in [-0.2, 0) is 9.53 Å². The number of nitrogens with two attached hydrogens (primary N) is 1. The molecule has 1 saturated carbocycles. The van der Waals surface area contributed by atoms with Gasteiger partial charge in [-0.3, -0.25) is 4.79 Å². The molecule has 14 heavy (non-hydrogen) atoms. The van der Waals surface area contributed by atoms with E-state index in [4.69, 9.17) is 10.5 Å². The molecule has 3 nitrogen and oxygen atoms in total. The van der Waals surface area contributed by atoms with E-state index in [-0.39, 0.29) is 11.9 Å². The van der Waals surface area contributed by atoms with Gasteiger partial charge in [0.1, 0.15) is 0 Å². The summed E-state index contributed by atoms with van der Waals surface area (Å²) in [7, 11) is 0. The van der Waals surface area contributed by atoms with Gasteiger partial charge < -0.3 is 10.5 Å². The van der Waals surface area contributed by atoms with Gasteiger partial charge in [-0.2, -0.15) is 0 Å². The highest BCUT2D eigenvalue weighted by atomic mass is 16.5. The van der Waals surface area contributed by atoms with Gasteiger partial charge in [-0.25, -0.2) is 0 Å². The zero-order valence-electron chi connectivity index (χ0n) is 9.16.